The Morgan fingerprint density at radius 1 is 1.38 bits per heavy atom. The molecule has 0 bridgehead atoms. The molecule has 4 nitrogen and oxygen atoms in total. The predicted molar refractivity (Wildman–Crippen MR) is 62.6 cm³/mol. The number of rotatable bonds is 5. The first kappa shape index (κ1) is 10.7. The maximum atomic E-state index is 8.40. The number of imidazole rings is 1. The third-order valence-electron chi connectivity index (χ3n) is 2.45. The summed E-state index contributed by atoms with van der Waals surface area (Å²) < 4.78 is 2.07. The SMILES string of the molecule is N#CCCCNCn1cnc2ccccc21. The Kier molecular flexibility index (Phi) is 3.52. The third kappa shape index (κ3) is 2.38. The second-order valence-electron chi connectivity index (χ2n) is 3.62. The van der Waals surface area contributed by atoms with E-state index in [-0.39, 0.29) is 0 Å². The molecule has 1 heterocycles. The molecule has 0 unspecified atom stereocenters. The number of hydrogen-bond acceptors (Lipinski definition) is 3. The maximum Gasteiger partial charge on any atom is 0.0969 e. The van der Waals surface area contributed by atoms with Crippen LogP contribution < -0.4 is 5.32 Å². The zero-order valence-electron chi connectivity index (χ0n) is 9.06. The molecule has 2 rings (SSSR count). The molecule has 0 atom stereocenters. The summed E-state index contributed by atoms with van der Waals surface area (Å²) in [5.41, 5.74) is 2.15. The Morgan fingerprint density at radius 3 is 3.12 bits per heavy atom. The van der Waals surface area contributed by atoms with Gasteiger partial charge in [0.1, 0.15) is 0 Å². The van der Waals surface area contributed by atoms with Crippen molar-refractivity contribution in [3.05, 3.63) is 30.6 Å². The topological polar surface area (TPSA) is 53.6 Å². The van der Waals surface area contributed by atoms with E-state index in [0.717, 1.165) is 30.7 Å². The molecule has 0 aliphatic carbocycles. The molecule has 0 saturated carbocycles. The number of nitrogens with zero attached hydrogens (tertiary/aromatic N) is 3. The minimum Gasteiger partial charge on any atom is -0.317 e. The number of unbranched alkanes of at least 4 members (excludes halogenated alkanes) is 1. The molecular weight excluding hydrogens is 200 g/mol. The first-order valence-corrected chi connectivity index (χ1v) is 5.39. The molecule has 0 spiro atoms. The fraction of sp³-hybridized carbons (Fsp3) is 0.333. The minimum atomic E-state index is 0.609. The van der Waals surface area contributed by atoms with Gasteiger partial charge >= 0.3 is 0 Å². The van der Waals surface area contributed by atoms with Crippen LogP contribution >= 0.6 is 0 Å². The van der Waals surface area contributed by atoms with Crippen LogP contribution in [0.4, 0.5) is 0 Å². The van der Waals surface area contributed by atoms with E-state index in [2.05, 4.69) is 27.0 Å². The van der Waals surface area contributed by atoms with Gasteiger partial charge in [0.25, 0.3) is 0 Å². The average Bonchev–Trinajstić information content (AvgIpc) is 2.73. The van der Waals surface area contributed by atoms with Crippen LogP contribution in [0.5, 0.6) is 0 Å². The van der Waals surface area contributed by atoms with Gasteiger partial charge < -0.3 is 4.57 Å². The van der Waals surface area contributed by atoms with Crippen molar-refractivity contribution in [3.8, 4) is 6.07 Å². The molecule has 1 aromatic heterocycles. The highest BCUT2D eigenvalue weighted by molar-refractivity contribution is 5.74. The van der Waals surface area contributed by atoms with E-state index in [1.807, 2.05) is 24.5 Å². The molecule has 4 heteroatoms. The number of nitriles is 1. The average molecular weight is 214 g/mol. The van der Waals surface area contributed by atoms with Crippen LogP contribution in [-0.4, -0.2) is 16.1 Å². The van der Waals surface area contributed by atoms with Gasteiger partial charge in [-0.05, 0) is 25.1 Å². The lowest BCUT2D eigenvalue weighted by atomic mass is 10.3. The van der Waals surface area contributed by atoms with Gasteiger partial charge in [-0.25, -0.2) is 4.98 Å². The van der Waals surface area contributed by atoms with E-state index < -0.39 is 0 Å². The standard InChI is InChI=1S/C12H14N4/c13-7-3-4-8-14-9-16-10-15-11-5-1-2-6-12(11)16/h1-2,5-6,10,14H,3-4,8-9H2. The van der Waals surface area contributed by atoms with Gasteiger partial charge in [0, 0.05) is 6.42 Å². The zero-order chi connectivity index (χ0) is 11.2. The van der Waals surface area contributed by atoms with E-state index in [1.165, 1.54) is 0 Å². The van der Waals surface area contributed by atoms with E-state index in [4.69, 9.17) is 5.26 Å². The van der Waals surface area contributed by atoms with Crippen molar-refractivity contribution in [1.29, 1.82) is 5.26 Å². The summed E-state index contributed by atoms with van der Waals surface area (Å²) in [6.07, 6.45) is 3.34. The Bertz CT molecular complexity index is 495. The number of fused-ring (bicyclic) bond motifs is 1. The summed E-state index contributed by atoms with van der Waals surface area (Å²) in [4.78, 5) is 4.30. The van der Waals surface area contributed by atoms with Gasteiger partial charge in [-0.15, -0.1) is 0 Å². The number of nitrogens with one attached hydrogen (secondary N) is 1. The van der Waals surface area contributed by atoms with Crippen molar-refractivity contribution in [1.82, 2.24) is 14.9 Å². The van der Waals surface area contributed by atoms with Crippen LogP contribution in [0, 0.1) is 11.3 Å². The van der Waals surface area contributed by atoms with Crippen molar-refractivity contribution in [2.75, 3.05) is 6.54 Å². The van der Waals surface area contributed by atoms with E-state index in [9.17, 15) is 0 Å². The maximum absolute atomic E-state index is 8.40. The highest BCUT2D eigenvalue weighted by atomic mass is 15.1. The lowest BCUT2D eigenvalue weighted by Gasteiger charge is -2.05. The van der Waals surface area contributed by atoms with Crippen molar-refractivity contribution in [2.45, 2.75) is 19.5 Å². The van der Waals surface area contributed by atoms with Crippen LogP contribution in [-0.2, 0) is 6.67 Å². The largest absolute Gasteiger partial charge is 0.317 e. The predicted octanol–water partition coefficient (Wildman–Crippen LogP) is 1.89. The summed E-state index contributed by atoms with van der Waals surface area (Å²) in [5, 5.41) is 11.7. The lowest BCUT2D eigenvalue weighted by molar-refractivity contribution is 0.557. The molecule has 16 heavy (non-hydrogen) atoms. The lowest BCUT2D eigenvalue weighted by Crippen LogP contribution is -2.18. The highest BCUT2D eigenvalue weighted by Crippen LogP contribution is 2.10. The van der Waals surface area contributed by atoms with Crippen LogP contribution in [0.2, 0.25) is 0 Å². The Labute approximate surface area is 94.5 Å². The second-order valence-corrected chi connectivity index (χ2v) is 3.62. The van der Waals surface area contributed by atoms with E-state index in [0.29, 0.717) is 6.42 Å². The van der Waals surface area contributed by atoms with Gasteiger partial charge in [-0.3, -0.25) is 5.32 Å². The summed E-state index contributed by atoms with van der Waals surface area (Å²) in [6.45, 7) is 1.60. The number of para-hydroxylation sites is 2. The first-order valence-electron chi connectivity index (χ1n) is 5.39. The fourth-order valence-electron chi connectivity index (χ4n) is 1.63. The van der Waals surface area contributed by atoms with Crippen LogP contribution in [0.15, 0.2) is 30.6 Å². The van der Waals surface area contributed by atoms with Gasteiger partial charge in [-0.2, -0.15) is 5.26 Å². The Balaban J connectivity index is 1.92. The molecule has 82 valence electrons. The van der Waals surface area contributed by atoms with E-state index >= 15 is 0 Å². The van der Waals surface area contributed by atoms with Gasteiger partial charge in [0.05, 0.1) is 30.1 Å². The van der Waals surface area contributed by atoms with Gasteiger partial charge in [-0.1, -0.05) is 12.1 Å². The molecular formula is C12H14N4. The normalized spacial score (nSPS) is 10.4. The van der Waals surface area contributed by atoms with Crippen LogP contribution in [0.25, 0.3) is 11.0 Å². The van der Waals surface area contributed by atoms with Crippen molar-refractivity contribution in [2.24, 2.45) is 0 Å². The van der Waals surface area contributed by atoms with Crippen molar-refractivity contribution >= 4 is 11.0 Å². The number of benzene rings is 1. The first-order chi connectivity index (χ1) is 7.92. The molecule has 1 N–H and O–H groups in total. The molecule has 0 fully saturated rings. The molecule has 0 amide bonds. The Morgan fingerprint density at radius 2 is 2.25 bits per heavy atom. The van der Waals surface area contributed by atoms with Gasteiger partial charge in [0.2, 0.25) is 0 Å². The molecule has 0 radical (unpaired) electrons. The number of hydrogen-bond donors (Lipinski definition) is 1. The number of aromatic nitrogens is 2. The van der Waals surface area contributed by atoms with Gasteiger partial charge in [0.15, 0.2) is 0 Å². The van der Waals surface area contributed by atoms with E-state index in [1.54, 1.807) is 0 Å². The molecule has 0 saturated heterocycles. The summed E-state index contributed by atoms with van der Waals surface area (Å²) in [5.74, 6) is 0. The van der Waals surface area contributed by atoms with Crippen LogP contribution in [0.1, 0.15) is 12.8 Å². The summed E-state index contributed by atoms with van der Waals surface area (Å²) >= 11 is 0. The Hall–Kier alpha value is -1.86. The van der Waals surface area contributed by atoms with Crippen molar-refractivity contribution in [3.63, 3.8) is 0 Å². The van der Waals surface area contributed by atoms with Crippen molar-refractivity contribution < 1.29 is 0 Å². The molecule has 0 aliphatic heterocycles. The third-order valence-corrected chi connectivity index (χ3v) is 2.45. The quantitative estimate of drug-likeness (QED) is 0.773. The van der Waals surface area contributed by atoms with Crippen LogP contribution in [0.3, 0.4) is 0 Å². The highest BCUT2D eigenvalue weighted by Gasteiger charge is 1.99. The fourth-order valence-corrected chi connectivity index (χ4v) is 1.63. The molecule has 1 aromatic carbocycles. The summed E-state index contributed by atoms with van der Waals surface area (Å²) in [7, 11) is 0. The zero-order valence-corrected chi connectivity index (χ0v) is 9.06. The monoisotopic (exact) mass is 214 g/mol. The minimum absolute atomic E-state index is 0.609. The second kappa shape index (κ2) is 5.29. The smallest absolute Gasteiger partial charge is 0.0969 e. The summed E-state index contributed by atoms with van der Waals surface area (Å²) in [6, 6.07) is 10.2. The molecule has 0 aliphatic rings. The molecule has 2 aromatic rings.